The normalized spacial score (nSPS) is 13.4. The Kier molecular flexibility index (Phi) is 3.74. The molecule has 0 aliphatic carbocycles. The van der Waals surface area contributed by atoms with Crippen molar-refractivity contribution in [2.45, 2.75) is 19.2 Å². The van der Waals surface area contributed by atoms with Crippen molar-refractivity contribution in [3.63, 3.8) is 0 Å². The molecule has 1 unspecified atom stereocenters. The monoisotopic (exact) mass is 257 g/mol. The van der Waals surface area contributed by atoms with E-state index in [4.69, 9.17) is 11.6 Å². The Hall–Kier alpha value is -1.31. The molecule has 1 aromatic heterocycles. The van der Waals surface area contributed by atoms with Crippen molar-refractivity contribution in [3.05, 3.63) is 5.28 Å². The maximum absolute atomic E-state index is 12.2. The molecular formula is C7H7ClF3N3O2. The molecule has 5 nitrogen and oxygen atoms in total. The van der Waals surface area contributed by atoms with Gasteiger partial charge in [0.05, 0.1) is 7.11 Å². The SMILES string of the molecule is COc1nc(Cl)nc(OC(C)C(F)(F)F)n1. The molecule has 0 aromatic carbocycles. The van der Waals surface area contributed by atoms with Gasteiger partial charge in [-0.2, -0.15) is 23.1 Å². The van der Waals surface area contributed by atoms with E-state index < -0.39 is 18.3 Å². The van der Waals surface area contributed by atoms with Crippen LogP contribution in [-0.2, 0) is 0 Å². The van der Waals surface area contributed by atoms with Gasteiger partial charge < -0.3 is 9.47 Å². The molecule has 0 aliphatic rings. The number of alkyl halides is 3. The summed E-state index contributed by atoms with van der Waals surface area (Å²) in [6.07, 6.45) is -6.55. The van der Waals surface area contributed by atoms with Crippen LogP contribution in [0.5, 0.6) is 12.0 Å². The van der Waals surface area contributed by atoms with E-state index in [2.05, 4.69) is 24.4 Å². The van der Waals surface area contributed by atoms with Crippen molar-refractivity contribution < 1.29 is 22.6 Å². The first kappa shape index (κ1) is 12.8. The van der Waals surface area contributed by atoms with Crippen LogP contribution in [0.3, 0.4) is 0 Å². The Morgan fingerprint density at radius 2 is 1.75 bits per heavy atom. The highest BCUT2D eigenvalue weighted by molar-refractivity contribution is 6.28. The van der Waals surface area contributed by atoms with Gasteiger partial charge in [0.15, 0.2) is 6.10 Å². The second kappa shape index (κ2) is 4.69. The lowest BCUT2D eigenvalue weighted by molar-refractivity contribution is -0.190. The molecule has 1 heterocycles. The maximum atomic E-state index is 12.2. The number of nitrogens with zero attached hydrogens (tertiary/aromatic N) is 3. The topological polar surface area (TPSA) is 57.1 Å². The summed E-state index contributed by atoms with van der Waals surface area (Å²) in [6.45, 7) is 0.824. The highest BCUT2D eigenvalue weighted by Gasteiger charge is 2.38. The summed E-state index contributed by atoms with van der Waals surface area (Å²) in [5.74, 6) is 0. The van der Waals surface area contributed by atoms with E-state index in [1.807, 2.05) is 0 Å². The van der Waals surface area contributed by atoms with Crippen molar-refractivity contribution in [2.24, 2.45) is 0 Å². The first-order valence-electron chi connectivity index (χ1n) is 4.02. The molecule has 0 aliphatic heterocycles. The summed E-state index contributed by atoms with van der Waals surface area (Å²) in [6, 6.07) is -0.758. The summed E-state index contributed by atoms with van der Waals surface area (Å²) < 4.78 is 45.5. The Morgan fingerprint density at radius 1 is 1.19 bits per heavy atom. The fraction of sp³-hybridized carbons (Fsp3) is 0.571. The Morgan fingerprint density at radius 3 is 2.25 bits per heavy atom. The van der Waals surface area contributed by atoms with E-state index in [-0.39, 0.29) is 11.3 Å². The summed E-state index contributed by atoms with van der Waals surface area (Å²) >= 11 is 5.42. The quantitative estimate of drug-likeness (QED) is 0.827. The van der Waals surface area contributed by atoms with Crippen LogP contribution in [-0.4, -0.2) is 34.3 Å². The van der Waals surface area contributed by atoms with Gasteiger partial charge in [-0.1, -0.05) is 0 Å². The molecule has 9 heteroatoms. The van der Waals surface area contributed by atoms with Crippen LogP contribution in [0.1, 0.15) is 6.92 Å². The molecule has 0 saturated carbocycles. The lowest BCUT2D eigenvalue weighted by atomic mass is 10.4. The predicted octanol–water partition coefficient (Wildman–Crippen LogP) is 1.86. The van der Waals surface area contributed by atoms with Crippen LogP contribution in [0.4, 0.5) is 13.2 Å². The predicted molar refractivity (Wildman–Crippen MR) is 47.5 cm³/mol. The van der Waals surface area contributed by atoms with Gasteiger partial charge in [0.2, 0.25) is 5.28 Å². The van der Waals surface area contributed by atoms with Crippen LogP contribution in [0.25, 0.3) is 0 Å². The van der Waals surface area contributed by atoms with E-state index in [1.165, 1.54) is 7.11 Å². The Balaban J connectivity index is 2.85. The van der Waals surface area contributed by atoms with E-state index in [1.54, 1.807) is 0 Å². The summed E-state index contributed by atoms with van der Waals surface area (Å²) in [5.41, 5.74) is 0. The molecular weight excluding hydrogens is 251 g/mol. The zero-order valence-electron chi connectivity index (χ0n) is 8.25. The third-order valence-corrected chi connectivity index (χ3v) is 1.66. The average Bonchev–Trinajstić information content (AvgIpc) is 2.15. The number of halogens is 4. The Labute approximate surface area is 93.6 Å². The standard InChI is InChI=1S/C7H7ClF3N3O2/c1-3(7(9,10)11)16-6-13-4(8)12-5(14-6)15-2/h3H,1-2H3. The van der Waals surface area contributed by atoms with Crippen molar-refractivity contribution in [2.75, 3.05) is 7.11 Å². The summed E-state index contributed by atoms with van der Waals surface area (Å²) in [5, 5.41) is -0.309. The van der Waals surface area contributed by atoms with Crippen molar-refractivity contribution in [1.82, 2.24) is 15.0 Å². The molecule has 0 fully saturated rings. The third-order valence-electron chi connectivity index (χ3n) is 1.49. The van der Waals surface area contributed by atoms with Gasteiger partial charge in [-0.05, 0) is 18.5 Å². The molecule has 0 spiro atoms. The summed E-state index contributed by atoms with van der Waals surface area (Å²) in [7, 11) is 1.24. The van der Waals surface area contributed by atoms with Crippen molar-refractivity contribution >= 4 is 11.6 Å². The second-order valence-electron chi connectivity index (χ2n) is 2.68. The molecule has 90 valence electrons. The number of methoxy groups -OCH3 is 1. The lowest BCUT2D eigenvalue weighted by Gasteiger charge is -2.15. The second-order valence-corrected chi connectivity index (χ2v) is 3.01. The fourth-order valence-electron chi connectivity index (χ4n) is 0.684. The average molecular weight is 258 g/mol. The number of hydrogen-bond acceptors (Lipinski definition) is 5. The van der Waals surface area contributed by atoms with Crippen LogP contribution < -0.4 is 9.47 Å². The number of ether oxygens (including phenoxy) is 2. The minimum atomic E-state index is -4.51. The van der Waals surface area contributed by atoms with Gasteiger partial charge in [-0.25, -0.2) is 0 Å². The minimum Gasteiger partial charge on any atom is -0.467 e. The van der Waals surface area contributed by atoms with Gasteiger partial charge >= 0.3 is 18.2 Å². The highest BCUT2D eigenvalue weighted by atomic mass is 35.5. The summed E-state index contributed by atoms with van der Waals surface area (Å²) in [4.78, 5) is 10.3. The van der Waals surface area contributed by atoms with E-state index >= 15 is 0 Å². The molecule has 0 saturated heterocycles. The molecule has 0 amide bonds. The molecule has 1 rings (SSSR count). The van der Waals surface area contributed by atoms with Crippen molar-refractivity contribution in [1.29, 1.82) is 0 Å². The lowest BCUT2D eigenvalue weighted by Crippen LogP contribution is -2.31. The zero-order valence-corrected chi connectivity index (χ0v) is 9.00. The van der Waals surface area contributed by atoms with Crippen molar-refractivity contribution in [3.8, 4) is 12.0 Å². The van der Waals surface area contributed by atoms with Gasteiger partial charge in [-0.15, -0.1) is 4.98 Å². The van der Waals surface area contributed by atoms with Gasteiger partial charge in [0.25, 0.3) is 0 Å². The Bertz CT molecular complexity index is 374. The molecule has 1 aromatic rings. The zero-order chi connectivity index (χ0) is 12.3. The smallest absolute Gasteiger partial charge is 0.425 e. The van der Waals surface area contributed by atoms with E-state index in [0.717, 1.165) is 6.92 Å². The maximum Gasteiger partial charge on any atom is 0.425 e. The molecule has 1 atom stereocenters. The van der Waals surface area contributed by atoms with Gasteiger partial charge in [-0.3, -0.25) is 0 Å². The number of hydrogen-bond donors (Lipinski definition) is 0. The van der Waals surface area contributed by atoms with Gasteiger partial charge in [0, 0.05) is 0 Å². The van der Waals surface area contributed by atoms with E-state index in [9.17, 15) is 13.2 Å². The fourth-order valence-corrected chi connectivity index (χ4v) is 0.828. The molecule has 16 heavy (non-hydrogen) atoms. The third kappa shape index (κ3) is 3.37. The number of rotatable bonds is 3. The highest BCUT2D eigenvalue weighted by Crippen LogP contribution is 2.24. The largest absolute Gasteiger partial charge is 0.467 e. The minimum absolute atomic E-state index is 0.218. The van der Waals surface area contributed by atoms with Crippen LogP contribution in [0, 0.1) is 0 Å². The van der Waals surface area contributed by atoms with Gasteiger partial charge in [0.1, 0.15) is 0 Å². The van der Waals surface area contributed by atoms with E-state index in [0.29, 0.717) is 0 Å². The van der Waals surface area contributed by atoms with Crippen LogP contribution >= 0.6 is 11.6 Å². The van der Waals surface area contributed by atoms with Crippen LogP contribution in [0.2, 0.25) is 5.28 Å². The van der Waals surface area contributed by atoms with Crippen LogP contribution in [0.15, 0.2) is 0 Å². The molecule has 0 radical (unpaired) electrons. The molecule has 0 N–H and O–H groups in total. The first-order valence-corrected chi connectivity index (χ1v) is 4.39. The molecule has 0 bridgehead atoms. The first-order chi connectivity index (χ1) is 7.32. The number of aromatic nitrogens is 3.